The maximum absolute atomic E-state index is 13.2. The van der Waals surface area contributed by atoms with Crippen LogP contribution in [0.4, 0.5) is 11.4 Å². The van der Waals surface area contributed by atoms with Crippen molar-refractivity contribution in [3.8, 4) is 5.75 Å². The minimum Gasteiger partial charge on any atom is -0.487 e. The Hall–Kier alpha value is -3.62. The minimum absolute atomic E-state index is 0.0961. The maximum Gasteiger partial charge on any atom is 0.261 e. The summed E-state index contributed by atoms with van der Waals surface area (Å²) in [7, 11) is 1.69. The van der Waals surface area contributed by atoms with Crippen molar-refractivity contribution >= 4 is 28.8 Å². The molecule has 2 unspecified atom stereocenters. The van der Waals surface area contributed by atoms with Crippen LogP contribution in [-0.4, -0.2) is 52.2 Å². The summed E-state index contributed by atoms with van der Waals surface area (Å²) in [5.74, 6) is 1.52. The number of hydrogen-bond acceptors (Lipinski definition) is 6. The second-order valence-electron chi connectivity index (χ2n) is 9.79. The Morgan fingerprint density at radius 3 is 2.76 bits per heavy atom. The van der Waals surface area contributed by atoms with E-state index >= 15 is 0 Å². The summed E-state index contributed by atoms with van der Waals surface area (Å²) < 4.78 is 7.76. The van der Waals surface area contributed by atoms with Crippen LogP contribution in [0.15, 0.2) is 36.8 Å². The number of nitrogens with zero attached hydrogens (tertiary/aromatic N) is 4. The van der Waals surface area contributed by atoms with Crippen LogP contribution in [0, 0.1) is 17.8 Å². The molecule has 1 aliphatic carbocycles. The molecule has 2 N–H and O–H groups in total. The number of nitrogens with one attached hydrogen (secondary N) is 2. The smallest absolute Gasteiger partial charge is 0.261 e. The lowest BCUT2D eigenvalue weighted by Crippen LogP contribution is -2.30. The highest BCUT2D eigenvalue weighted by Crippen LogP contribution is 2.54. The third-order valence-corrected chi connectivity index (χ3v) is 7.04. The predicted molar refractivity (Wildman–Crippen MR) is 123 cm³/mol. The van der Waals surface area contributed by atoms with Crippen molar-refractivity contribution in [2.45, 2.75) is 25.9 Å². The SMILES string of the molecule is CNC(=O)C1C2CN(c3cc4c(cc3NC(=O)c3cnn5cccnc35)CC(C)(C)O4)CC21. The number of ether oxygens (including phenoxy) is 1. The van der Waals surface area contributed by atoms with Gasteiger partial charge in [0.25, 0.3) is 5.91 Å². The molecule has 2 amide bonds. The first-order valence-electron chi connectivity index (χ1n) is 11.3. The van der Waals surface area contributed by atoms with Crippen molar-refractivity contribution in [2.75, 3.05) is 30.4 Å². The highest BCUT2D eigenvalue weighted by Gasteiger charge is 2.59. The average molecular weight is 447 g/mol. The second-order valence-corrected chi connectivity index (χ2v) is 9.79. The molecular weight excluding hydrogens is 420 g/mol. The van der Waals surface area contributed by atoms with E-state index in [1.54, 1.807) is 30.0 Å². The van der Waals surface area contributed by atoms with Gasteiger partial charge >= 0.3 is 0 Å². The van der Waals surface area contributed by atoms with Crippen molar-refractivity contribution in [3.63, 3.8) is 0 Å². The second kappa shape index (κ2) is 6.94. The molecule has 1 saturated heterocycles. The topological polar surface area (TPSA) is 101 Å². The van der Waals surface area contributed by atoms with Crippen LogP contribution in [0.3, 0.4) is 0 Å². The van der Waals surface area contributed by atoms with Crippen molar-refractivity contribution in [1.29, 1.82) is 0 Å². The lowest BCUT2D eigenvalue weighted by molar-refractivity contribution is -0.122. The molecule has 2 fully saturated rings. The zero-order chi connectivity index (χ0) is 22.9. The third-order valence-electron chi connectivity index (χ3n) is 7.04. The van der Waals surface area contributed by atoms with Gasteiger partial charge in [0, 0.05) is 56.5 Å². The first kappa shape index (κ1) is 20.0. The van der Waals surface area contributed by atoms with E-state index in [0.29, 0.717) is 23.0 Å². The number of rotatable bonds is 4. The molecule has 1 aromatic carbocycles. The summed E-state index contributed by atoms with van der Waals surface area (Å²) in [5.41, 5.74) is 3.39. The normalized spacial score (nSPS) is 24.2. The molecule has 0 spiro atoms. The molecule has 170 valence electrons. The van der Waals surface area contributed by atoms with Crippen LogP contribution in [0.2, 0.25) is 0 Å². The summed E-state index contributed by atoms with van der Waals surface area (Å²) in [6.45, 7) is 5.70. The lowest BCUT2D eigenvalue weighted by atomic mass is 10.0. The summed E-state index contributed by atoms with van der Waals surface area (Å²) in [6.07, 6.45) is 5.72. The van der Waals surface area contributed by atoms with E-state index in [4.69, 9.17) is 4.74 Å². The quantitative estimate of drug-likeness (QED) is 0.637. The van der Waals surface area contributed by atoms with Gasteiger partial charge in [-0.15, -0.1) is 0 Å². The highest BCUT2D eigenvalue weighted by atomic mass is 16.5. The molecule has 1 saturated carbocycles. The molecule has 6 rings (SSSR count). The lowest BCUT2D eigenvalue weighted by Gasteiger charge is -2.25. The predicted octanol–water partition coefficient (Wildman–Crippen LogP) is 2.12. The van der Waals surface area contributed by atoms with Gasteiger partial charge in [-0.2, -0.15) is 5.10 Å². The van der Waals surface area contributed by atoms with E-state index in [9.17, 15) is 9.59 Å². The molecule has 4 heterocycles. The average Bonchev–Trinajstić information content (AvgIpc) is 3.14. The number of aromatic nitrogens is 3. The van der Waals surface area contributed by atoms with Gasteiger partial charge in [0.1, 0.15) is 16.9 Å². The van der Waals surface area contributed by atoms with Crippen molar-refractivity contribution in [2.24, 2.45) is 17.8 Å². The summed E-state index contributed by atoms with van der Waals surface area (Å²) in [5, 5.41) is 10.1. The van der Waals surface area contributed by atoms with E-state index in [1.807, 2.05) is 12.1 Å². The fourth-order valence-corrected chi connectivity index (χ4v) is 5.46. The zero-order valence-electron chi connectivity index (χ0n) is 18.8. The number of amides is 2. The molecule has 2 atom stereocenters. The van der Waals surface area contributed by atoms with Gasteiger partial charge in [-0.3, -0.25) is 9.59 Å². The minimum atomic E-state index is -0.286. The number of benzene rings is 1. The number of carbonyl (C=O) groups is 2. The number of carbonyl (C=O) groups excluding carboxylic acids is 2. The molecular formula is C24H26N6O3. The van der Waals surface area contributed by atoms with Gasteiger partial charge in [-0.05, 0) is 37.8 Å². The summed E-state index contributed by atoms with van der Waals surface area (Å²) >= 11 is 0. The number of anilines is 2. The molecule has 33 heavy (non-hydrogen) atoms. The van der Waals surface area contributed by atoms with Gasteiger partial charge < -0.3 is 20.3 Å². The Balaban J connectivity index is 1.32. The van der Waals surface area contributed by atoms with Crippen molar-refractivity contribution < 1.29 is 14.3 Å². The third kappa shape index (κ3) is 3.21. The van der Waals surface area contributed by atoms with Crippen LogP contribution < -0.4 is 20.3 Å². The number of piperidine rings is 1. The number of fused-ring (bicyclic) bond motifs is 3. The Labute approximate surface area is 191 Å². The van der Waals surface area contributed by atoms with Gasteiger partial charge in [-0.1, -0.05) is 0 Å². The van der Waals surface area contributed by atoms with Crippen LogP contribution in [0.5, 0.6) is 5.75 Å². The van der Waals surface area contributed by atoms with E-state index in [0.717, 1.165) is 42.2 Å². The molecule has 3 aliphatic rings. The van der Waals surface area contributed by atoms with E-state index in [1.165, 1.54) is 6.20 Å². The molecule has 2 aromatic heterocycles. The van der Waals surface area contributed by atoms with Crippen molar-refractivity contribution in [3.05, 3.63) is 47.9 Å². The van der Waals surface area contributed by atoms with Gasteiger partial charge in [-0.25, -0.2) is 9.50 Å². The fourth-order valence-electron chi connectivity index (χ4n) is 5.46. The Morgan fingerprint density at radius 1 is 1.21 bits per heavy atom. The summed E-state index contributed by atoms with van der Waals surface area (Å²) in [6, 6.07) is 5.83. The first-order valence-corrected chi connectivity index (χ1v) is 11.3. The van der Waals surface area contributed by atoms with Gasteiger partial charge in [0.15, 0.2) is 5.65 Å². The molecule has 0 radical (unpaired) electrons. The van der Waals surface area contributed by atoms with E-state index < -0.39 is 0 Å². The monoisotopic (exact) mass is 446 g/mol. The Bertz CT molecular complexity index is 1290. The van der Waals surface area contributed by atoms with Crippen LogP contribution in [0.25, 0.3) is 5.65 Å². The first-order chi connectivity index (χ1) is 15.8. The van der Waals surface area contributed by atoms with E-state index in [2.05, 4.69) is 39.5 Å². The van der Waals surface area contributed by atoms with Crippen LogP contribution in [0.1, 0.15) is 29.8 Å². The summed E-state index contributed by atoms with van der Waals surface area (Å²) in [4.78, 5) is 31.9. The van der Waals surface area contributed by atoms with E-state index in [-0.39, 0.29) is 23.3 Å². The molecule has 9 nitrogen and oxygen atoms in total. The Morgan fingerprint density at radius 2 is 2.00 bits per heavy atom. The fraction of sp³-hybridized carbons (Fsp3) is 0.417. The largest absolute Gasteiger partial charge is 0.487 e. The Kier molecular flexibility index (Phi) is 4.21. The zero-order valence-corrected chi connectivity index (χ0v) is 18.8. The number of hydrogen-bond donors (Lipinski definition) is 2. The van der Waals surface area contributed by atoms with Crippen molar-refractivity contribution in [1.82, 2.24) is 19.9 Å². The van der Waals surface area contributed by atoms with Gasteiger partial charge in [0.2, 0.25) is 5.91 Å². The molecule has 2 aliphatic heterocycles. The molecule has 0 bridgehead atoms. The standard InChI is InChI=1S/C24H26N6O3/c1-24(2)9-13-7-17(28-22(31)14-10-27-30-6-4-5-26-21(14)30)18(8-19(13)33-24)29-11-15-16(12-29)20(15)23(32)25-3/h4-8,10,15-16,20H,9,11-12H2,1-3H3,(H,25,32)(H,28,31). The maximum atomic E-state index is 13.2. The highest BCUT2D eigenvalue weighted by molar-refractivity contribution is 6.09. The van der Waals surface area contributed by atoms with Crippen LogP contribution >= 0.6 is 0 Å². The van der Waals surface area contributed by atoms with Crippen LogP contribution in [-0.2, 0) is 11.2 Å². The van der Waals surface area contributed by atoms with Gasteiger partial charge in [0.05, 0.1) is 17.6 Å². The molecule has 3 aromatic rings. The molecule has 9 heteroatoms.